The van der Waals surface area contributed by atoms with Gasteiger partial charge in [0.25, 0.3) is 5.91 Å². The molecule has 0 aliphatic rings. The third-order valence-corrected chi connectivity index (χ3v) is 2.61. The predicted molar refractivity (Wildman–Crippen MR) is 72.2 cm³/mol. The van der Waals surface area contributed by atoms with Gasteiger partial charge in [-0.1, -0.05) is 11.6 Å². The summed E-state index contributed by atoms with van der Waals surface area (Å²) in [5.41, 5.74) is 0.424. The highest BCUT2D eigenvalue weighted by Crippen LogP contribution is 2.17. The van der Waals surface area contributed by atoms with Gasteiger partial charge in [0.05, 0.1) is 10.6 Å². The van der Waals surface area contributed by atoms with Crippen molar-refractivity contribution < 1.29 is 9.53 Å². The Kier molecular flexibility index (Phi) is 6.46. The summed E-state index contributed by atoms with van der Waals surface area (Å²) in [6.07, 6.45) is 2.24. The third kappa shape index (κ3) is 4.50. The second-order valence-electron chi connectivity index (χ2n) is 3.61. The van der Waals surface area contributed by atoms with Gasteiger partial charge in [-0.15, -0.1) is 0 Å². The first kappa shape index (κ1) is 14.7. The fraction of sp³-hybridized carbons (Fsp3) is 0.500. The molecule has 1 aromatic rings. The topological polar surface area (TPSA) is 63.2 Å². The molecule has 1 heterocycles. The van der Waals surface area contributed by atoms with Crippen LogP contribution < -0.4 is 10.6 Å². The highest BCUT2D eigenvalue weighted by molar-refractivity contribution is 6.33. The summed E-state index contributed by atoms with van der Waals surface area (Å²) < 4.78 is 5.18. The lowest BCUT2D eigenvalue weighted by Crippen LogP contribution is -2.25. The third-order valence-electron chi connectivity index (χ3n) is 2.31. The number of carbonyl (C=O) groups is 1. The Morgan fingerprint density at radius 2 is 2.33 bits per heavy atom. The van der Waals surface area contributed by atoms with Gasteiger partial charge < -0.3 is 15.4 Å². The smallest absolute Gasteiger partial charge is 0.252 e. The van der Waals surface area contributed by atoms with Crippen LogP contribution in [0.2, 0.25) is 5.02 Å². The minimum absolute atomic E-state index is 0.199. The van der Waals surface area contributed by atoms with Crippen LogP contribution in [0.3, 0.4) is 0 Å². The van der Waals surface area contributed by atoms with E-state index >= 15 is 0 Å². The van der Waals surface area contributed by atoms with Crippen molar-refractivity contribution in [1.29, 1.82) is 0 Å². The summed E-state index contributed by atoms with van der Waals surface area (Å²) in [5.74, 6) is 0.411. The van der Waals surface area contributed by atoms with E-state index in [9.17, 15) is 4.79 Å². The van der Waals surface area contributed by atoms with Crippen LogP contribution in [0.5, 0.6) is 0 Å². The lowest BCUT2D eigenvalue weighted by molar-refractivity contribution is 0.0944. The molecular formula is C12H18ClN3O2. The van der Waals surface area contributed by atoms with Crippen LogP contribution in [-0.4, -0.2) is 37.7 Å². The standard InChI is InChI=1S/C12H18ClN3O2/c1-3-18-6-4-5-15-12(17)9-7-11(14-2)16-8-10(9)13/h7-8H,3-6H2,1-2H3,(H,14,16)(H,15,17). The van der Waals surface area contributed by atoms with Crippen LogP contribution >= 0.6 is 11.6 Å². The van der Waals surface area contributed by atoms with E-state index in [0.29, 0.717) is 36.2 Å². The first-order valence-corrected chi connectivity index (χ1v) is 6.26. The molecule has 0 aliphatic carbocycles. The zero-order chi connectivity index (χ0) is 13.4. The van der Waals surface area contributed by atoms with Crippen molar-refractivity contribution in [3.05, 3.63) is 22.8 Å². The van der Waals surface area contributed by atoms with Gasteiger partial charge in [-0.25, -0.2) is 4.98 Å². The molecule has 0 spiro atoms. The molecule has 6 heteroatoms. The van der Waals surface area contributed by atoms with E-state index in [1.54, 1.807) is 13.1 Å². The summed E-state index contributed by atoms with van der Waals surface area (Å²) in [7, 11) is 1.74. The molecule has 100 valence electrons. The van der Waals surface area contributed by atoms with Crippen LogP contribution in [-0.2, 0) is 4.74 Å². The fourth-order valence-electron chi connectivity index (χ4n) is 1.37. The predicted octanol–water partition coefficient (Wildman–Crippen LogP) is 1.93. The van der Waals surface area contributed by atoms with Gasteiger partial charge >= 0.3 is 0 Å². The van der Waals surface area contributed by atoms with Crippen molar-refractivity contribution in [3.8, 4) is 0 Å². The zero-order valence-corrected chi connectivity index (χ0v) is 11.4. The molecule has 0 fully saturated rings. The van der Waals surface area contributed by atoms with Crippen molar-refractivity contribution in [2.24, 2.45) is 0 Å². The second kappa shape index (κ2) is 7.89. The van der Waals surface area contributed by atoms with Crippen LogP contribution in [0.4, 0.5) is 5.82 Å². The second-order valence-corrected chi connectivity index (χ2v) is 4.01. The molecule has 1 aromatic heterocycles. The monoisotopic (exact) mass is 271 g/mol. The van der Waals surface area contributed by atoms with Gasteiger partial charge in [0.1, 0.15) is 5.82 Å². The number of halogens is 1. The zero-order valence-electron chi connectivity index (χ0n) is 10.6. The van der Waals surface area contributed by atoms with Gasteiger partial charge in [0.2, 0.25) is 0 Å². The maximum Gasteiger partial charge on any atom is 0.252 e. The maximum absolute atomic E-state index is 11.9. The average Bonchev–Trinajstić information content (AvgIpc) is 2.39. The number of amides is 1. The van der Waals surface area contributed by atoms with E-state index in [4.69, 9.17) is 16.3 Å². The van der Waals surface area contributed by atoms with Crippen LogP contribution in [0.25, 0.3) is 0 Å². The van der Waals surface area contributed by atoms with E-state index in [2.05, 4.69) is 15.6 Å². The Bertz CT molecular complexity index is 399. The molecule has 1 amide bonds. The van der Waals surface area contributed by atoms with E-state index < -0.39 is 0 Å². The number of nitrogens with zero attached hydrogens (tertiary/aromatic N) is 1. The largest absolute Gasteiger partial charge is 0.382 e. The average molecular weight is 272 g/mol. The molecule has 0 saturated heterocycles. The summed E-state index contributed by atoms with van der Waals surface area (Å²) in [6, 6.07) is 1.63. The van der Waals surface area contributed by atoms with Gasteiger partial charge in [0.15, 0.2) is 0 Å². The number of hydrogen-bond donors (Lipinski definition) is 2. The molecule has 0 aromatic carbocycles. The Morgan fingerprint density at radius 1 is 1.56 bits per heavy atom. The minimum Gasteiger partial charge on any atom is -0.382 e. The van der Waals surface area contributed by atoms with Gasteiger partial charge in [0, 0.05) is 33.0 Å². The first-order chi connectivity index (χ1) is 8.69. The molecule has 1 rings (SSSR count). The number of rotatable bonds is 7. The summed E-state index contributed by atoms with van der Waals surface area (Å²) >= 11 is 5.93. The van der Waals surface area contributed by atoms with E-state index in [0.717, 1.165) is 6.42 Å². The molecule has 0 saturated carbocycles. The molecule has 0 unspecified atom stereocenters. The van der Waals surface area contributed by atoms with Gasteiger partial charge in [-0.2, -0.15) is 0 Å². The number of aromatic nitrogens is 1. The number of hydrogen-bond acceptors (Lipinski definition) is 4. The van der Waals surface area contributed by atoms with Crippen molar-refractivity contribution in [1.82, 2.24) is 10.3 Å². The number of ether oxygens (including phenoxy) is 1. The molecule has 5 nitrogen and oxygen atoms in total. The Morgan fingerprint density at radius 3 is 3.00 bits per heavy atom. The lowest BCUT2D eigenvalue weighted by atomic mass is 10.2. The maximum atomic E-state index is 11.9. The van der Waals surface area contributed by atoms with Gasteiger partial charge in [-0.05, 0) is 19.4 Å². The fourth-order valence-corrected chi connectivity index (χ4v) is 1.55. The van der Waals surface area contributed by atoms with Crippen molar-refractivity contribution in [2.45, 2.75) is 13.3 Å². The number of nitrogens with one attached hydrogen (secondary N) is 2. The summed E-state index contributed by atoms with van der Waals surface area (Å²) in [4.78, 5) is 15.9. The van der Waals surface area contributed by atoms with E-state index in [1.165, 1.54) is 6.20 Å². The minimum atomic E-state index is -0.199. The number of pyridine rings is 1. The molecule has 0 bridgehead atoms. The molecule has 2 N–H and O–H groups in total. The Hall–Kier alpha value is -1.33. The van der Waals surface area contributed by atoms with Crippen LogP contribution in [0.1, 0.15) is 23.7 Å². The molecule has 0 atom stereocenters. The quantitative estimate of drug-likeness (QED) is 0.744. The highest BCUT2D eigenvalue weighted by atomic mass is 35.5. The summed E-state index contributed by atoms with van der Waals surface area (Å²) in [5, 5.41) is 6.00. The Labute approximate surface area is 112 Å². The number of anilines is 1. The van der Waals surface area contributed by atoms with Crippen molar-refractivity contribution >= 4 is 23.3 Å². The molecule has 0 radical (unpaired) electrons. The summed E-state index contributed by atoms with van der Waals surface area (Å²) in [6.45, 7) is 3.83. The van der Waals surface area contributed by atoms with Crippen LogP contribution in [0.15, 0.2) is 12.3 Å². The lowest BCUT2D eigenvalue weighted by Gasteiger charge is -2.08. The van der Waals surface area contributed by atoms with Crippen LogP contribution in [0, 0.1) is 0 Å². The van der Waals surface area contributed by atoms with E-state index in [-0.39, 0.29) is 5.91 Å². The van der Waals surface area contributed by atoms with Crippen molar-refractivity contribution in [2.75, 3.05) is 32.1 Å². The normalized spacial score (nSPS) is 10.2. The molecular weight excluding hydrogens is 254 g/mol. The van der Waals surface area contributed by atoms with Crippen molar-refractivity contribution in [3.63, 3.8) is 0 Å². The van der Waals surface area contributed by atoms with E-state index in [1.807, 2.05) is 6.92 Å². The first-order valence-electron chi connectivity index (χ1n) is 5.88. The Balaban J connectivity index is 2.50. The molecule has 0 aliphatic heterocycles. The highest BCUT2D eigenvalue weighted by Gasteiger charge is 2.11. The van der Waals surface area contributed by atoms with Gasteiger partial charge in [-0.3, -0.25) is 4.79 Å². The SMILES string of the molecule is CCOCCCNC(=O)c1cc(NC)ncc1Cl. The molecule has 18 heavy (non-hydrogen) atoms. The number of carbonyl (C=O) groups excluding carboxylic acids is 1.